The van der Waals surface area contributed by atoms with E-state index in [0.717, 1.165) is 12.1 Å². The number of benzene rings is 2. The lowest BCUT2D eigenvalue weighted by molar-refractivity contribution is -0.163. The van der Waals surface area contributed by atoms with Crippen LogP contribution >= 0.6 is 0 Å². The third kappa shape index (κ3) is 9.08. The predicted molar refractivity (Wildman–Crippen MR) is 207 cm³/mol. The highest BCUT2D eigenvalue weighted by atomic mass is 19.1. The van der Waals surface area contributed by atoms with Crippen LogP contribution < -0.4 is 30.7 Å². The minimum absolute atomic E-state index is 0.000473. The molecule has 2 aromatic rings. The molecular formula is C41H49F2N7O10. The number of ether oxygens (including phenoxy) is 3. The minimum atomic E-state index is -1.64. The number of halogens is 2. The second kappa shape index (κ2) is 17.7. The highest BCUT2D eigenvalue weighted by molar-refractivity contribution is 5.99. The lowest BCUT2D eigenvalue weighted by atomic mass is 9.99. The van der Waals surface area contributed by atoms with E-state index in [1.807, 2.05) is 6.92 Å². The number of nitrogens with zero attached hydrogens (tertiary/aromatic N) is 3. The lowest BCUT2D eigenvalue weighted by Gasteiger charge is -2.39. The Kier molecular flexibility index (Phi) is 12.4. The lowest BCUT2D eigenvalue weighted by Crippen LogP contribution is -2.63. The first kappa shape index (κ1) is 42.1. The molecule has 7 rings (SSSR count). The summed E-state index contributed by atoms with van der Waals surface area (Å²) in [5, 5.41) is 10.5. The van der Waals surface area contributed by atoms with Gasteiger partial charge in [0.2, 0.25) is 36.3 Å². The highest BCUT2D eigenvalue weighted by Gasteiger charge is 2.47. The first-order chi connectivity index (χ1) is 28.7. The van der Waals surface area contributed by atoms with Crippen LogP contribution in [0.2, 0.25) is 0 Å². The molecule has 19 heteroatoms. The van der Waals surface area contributed by atoms with Gasteiger partial charge in [-0.05, 0) is 88.1 Å². The summed E-state index contributed by atoms with van der Waals surface area (Å²) in [6.45, 7) is 5.30. The number of urea groups is 1. The summed E-state index contributed by atoms with van der Waals surface area (Å²) in [4.78, 5) is 102. The van der Waals surface area contributed by atoms with Gasteiger partial charge in [0.25, 0.3) is 0 Å². The van der Waals surface area contributed by atoms with Crippen LogP contribution in [0.5, 0.6) is 11.5 Å². The molecule has 5 aliphatic rings. The molecule has 0 spiro atoms. The number of carbonyl (C=O) groups is 7. The fourth-order valence-electron chi connectivity index (χ4n) is 8.70. The molecule has 0 bridgehead atoms. The number of piperidine rings is 1. The molecule has 2 aromatic carbocycles. The van der Waals surface area contributed by atoms with Gasteiger partial charge in [-0.2, -0.15) is 0 Å². The molecule has 5 aliphatic heterocycles. The van der Waals surface area contributed by atoms with Gasteiger partial charge < -0.3 is 50.2 Å². The van der Waals surface area contributed by atoms with E-state index >= 15 is 0 Å². The molecule has 7 amide bonds. The molecular weight excluding hydrogens is 788 g/mol. The molecule has 17 nitrogen and oxygen atoms in total. The van der Waals surface area contributed by atoms with E-state index in [4.69, 9.17) is 14.2 Å². The van der Waals surface area contributed by atoms with Gasteiger partial charge in [-0.3, -0.25) is 24.0 Å². The van der Waals surface area contributed by atoms with Crippen molar-refractivity contribution in [2.24, 2.45) is 5.92 Å². The van der Waals surface area contributed by atoms with Crippen molar-refractivity contribution in [3.63, 3.8) is 0 Å². The molecule has 0 radical (unpaired) electrons. The van der Waals surface area contributed by atoms with Gasteiger partial charge in [-0.25, -0.2) is 18.4 Å². The highest BCUT2D eigenvalue weighted by Crippen LogP contribution is 2.34. The van der Waals surface area contributed by atoms with Crippen molar-refractivity contribution < 1.29 is 56.6 Å². The Bertz CT molecular complexity index is 2040. The minimum Gasteiger partial charge on any atom is -0.458 e. The van der Waals surface area contributed by atoms with Crippen molar-refractivity contribution in [3.05, 3.63) is 53.6 Å². The number of fused-ring (bicyclic) bond motifs is 4. The first-order valence-corrected chi connectivity index (χ1v) is 20.3. The van der Waals surface area contributed by atoms with E-state index in [2.05, 4.69) is 21.3 Å². The van der Waals surface area contributed by atoms with Crippen LogP contribution in [-0.4, -0.2) is 125 Å². The van der Waals surface area contributed by atoms with E-state index in [9.17, 15) is 42.3 Å². The van der Waals surface area contributed by atoms with Gasteiger partial charge in [0, 0.05) is 43.9 Å². The average Bonchev–Trinajstić information content (AvgIpc) is 3.98. The Morgan fingerprint density at radius 1 is 0.817 bits per heavy atom. The number of esters is 1. The number of anilines is 1. The van der Waals surface area contributed by atoms with Crippen molar-refractivity contribution in [2.45, 2.75) is 108 Å². The van der Waals surface area contributed by atoms with Crippen LogP contribution in [-0.2, 0) is 39.9 Å². The van der Waals surface area contributed by atoms with E-state index < -0.39 is 102 Å². The van der Waals surface area contributed by atoms with Crippen molar-refractivity contribution in [2.75, 3.05) is 31.7 Å². The van der Waals surface area contributed by atoms with Crippen molar-refractivity contribution in [1.29, 1.82) is 0 Å². The van der Waals surface area contributed by atoms with E-state index in [1.54, 1.807) is 6.07 Å². The van der Waals surface area contributed by atoms with Crippen LogP contribution in [0.1, 0.15) is 64.9 Å². The van der Waals surface area contributed by atoms with Crippen LogP contribution in [0.4, 0.5) is 19.3 Å². The summed E-state index contributed by atoms with van der Waals surface area (Å²) in [5.41, 5.74) is 0.266. The maximum atomic E-state index is 14.7. The van der Waals surface area contributed by atoms with Crippen LogP contribution in [0, 0.1) is 17.6 Å². The number of cyclic esters (lactones) is 1. The van der Waals surface area contributed by atoms with Gasteiger partial charge in [0.15, 0.2) is 11.5 Å². The average molecular weight is 838 g/mol. The van der Waals surface area contributed by atoms with E-state index in [1.165, 1.54) is 40.7 Å². The molecule has 0 aliphatic carbocycles. The SMILES string of the molecule is C[C@@H]1C[C@H]2C(=O)O[C@@H](C)[C@H](NC(=O)[C@H](Cc3cc(F)cc(F)c3)NC(=O)Nc3ccc4c(c3)OCO4)C(=O)N3CCC[C@H]3C(=O)N3CCCC[C@H]3C(=O)N[C@@H](C)C(=O)N2C1. The fourth-order valence-corrected chi connectivity index (χ4v) is 8.70. The van der Waals surface area contributed by atoms with Gasteiger partial charge >= 0.3 is 12.0 Å². The molecule has 0 unspecified atom stereocenters. The van der Waals surface area contributed by atoms with Crippen LogP contribution in [0.25, 0.3) is 0 Å². The predicted octanol–water partition coefficient (Wildman–Crippen LogP) is 1.97. The van der Waals surface area contributed by atoms with Crippen molar-refractivity contribution in [3.8, 4) is 11.5 Å². The topological polar surface area (TPSA) is 205 Å². The van der Waals surface area contributed by atoms with E-state index in [-0.39, 0.29) is 56.4 Å². The Labute approximate surface area is 344 Å². The maximum Gasteiger partial charge on any atom is 0.329 e. The zero-order valence-corrected chi connectivity index (χ0v) is 33.5. The second-order valence-electron chi connectivity index (χ2n) is 16.1. The monoisotopic (exact) mass is 837 g/mol. The molecule has 60 heavy (non-hydrogen) atoms. The molecule has 4 N–H and O–H groups in total. The van der Waals surface area contributed by atoms with Gasteiger partial charge in [-0.1, -0.05) is 6.92 Å². The van der Waals surface area contributed by atoms with Gasteiger partial charge in [0.05, 0.1) is 0 Å². The molecule has 4 saturated heterocycles. The molecule has 5 heterocycles. The summed E-state index contributed by atoms with van der Waals surface area (Å²) in [7, 11) is 0. The quantitative estimate of drug-likeness (QED) is 0.312. The number of amides is 7. The van der Waals surface area contributed by atoms with Gasteiger partial charge in [-0.15, -0.1) is 0 Å². The number of nitrogens with one attached hydrogen (secondary N) is 4. The van der Waals surface area contributed by atoms with Crippen LogP contribution in [0.3, 0.4) is 0 Å². The van der Waals surface area contributed by atoms with Crippen molar-refractivity contribution >= 4 is 47.2 Å². The largest absolute Gasteiger partial charge is 0.458 e. The summed E-state index contributed by atoms with van der Waals surface area (Å²) in [6.07, 6.45) is 0.694. The summed E-state index contributed by atoms with van der Waals surface area (Å²) < 4.78 is 45.3. The Morgan fingerprint density at radius 3 is 2.28 bits per heavy atom. The number of hydrogen-bond donors (Lipinski definition) is 4. The molecule has 322 valence electrons. The fraction of sp³-hybridized carbons (Fsp3) is 0.537. The first-order valence-electron chi connectivity index (χ1n) is 20.3. The maximum absolute atomic E-state index is 14.7. The number of carbonyl (C=O) groups excluding carboxylic acids is 7. The van der Waals surface area contributed by atoms with E-state index in [0.29, 0.717) is 43.2 Å². The Balaban J connectivity index is 1.20. The summed E-state index contributed by atoms with van der Waals surface area (Å²) in [6, 6.07) is -0.888. The Hall–Kier alpha value is -6.01. The summed E-state index contributed by atoms with van der Waals surface area (Å²) in [5.74, 6) is -5.26. The molecule has 8 atom stereocenters. The number of hydrogen-bond acceptors (Lipinski definition) is 10. The van der Waals surface area contributed by atoms with Gasteiger partial charge in [0.1, 0.15) is 54.0 Å². The van der Waals surface area contributed by atoms with Crippen molar-refractivity contribution in [1.82, 2.24) is 30.7 Å². The molecule has 0 saturated carbocycles. The zero-order valence-electron chi connectivity index (χ0n) is 33.5. The normalized spacial score (nSPS) is 27.6. The molecule has 0 aromatic heterocycles. The zero-order chi connectivity index (χ0) is 42.8. The second-order valence-corrected chi connectivity index (χ2v) is 16.1. The third-order valence-electron chi connectivity index (χ3n) is 11.7. The standard InChI is InChI=1S/C41H49F2N7O10/c1-21-13-31-40(56)60-23(3)34(39(55)49-12-6-8-30(49)38(54)48-11-5-4-7-29(48)36(52)44-22(2)37(53)50(31)19-21)47-35(51)28(16-24-14-25(42)17-26(43)15-24)46-41(57)45-27-9-10-32-33(18-27)59-20-58-32/h9-10,14-15,17-18,21-23,28-31,34H,4-8,11-13,16,19-20H2,1-3H3,(H,44,52)(H,47,51)(H2,45,46,57)/t21-,22+,23+,28+,29+,30+,31+,34+/m1/s1. The smallest absolute Gasteiger partial charge is 0.329 e. The number of rotatable bonds is 6. The van der Waals surface area contributed by atoms with Crippen LogP contribution in [0.15, 0.2) is 36.4 Å². The summed E-state index contributed by atoms with van der Waals surface area (Å²) >= 11 is 0. The Morgan fingerprint density at radius 2 is 1.52 bits per heavy atom. The third-order valence-corrected chi connectivity index (χ3v) is 11.7. The molecule has 4 fully saturated rings.